The van der Waals surface area contributed by atoms with Gasteiger partial charge in [-0.25, -0.2) is 0 Å². The van der Waals surface area contributed by atoms with Gasteiger partial charge in [0, 0.05) is 44.3 Å². The van der Waals surface area contributed by atoms with Gasteiger partial charge < -0.3 is 0 Å². The second-order valence-corrected chi connectivity index (χ2v) is 7.96. The van der Waals surface area contributed by atoms with Gasteiger partial charge in [-0.15, -0.1) is 0 Å². The third kappa shape index (κ3) is 4.05. The number of carbonyl (C=O) groups is 1. The standard InChI is InChI=1S/C23H28N2O/c1-18(26)22-10-7-20(8-11-22)15-25-16-21-9-12-23(25)17-24(14-21)13-19-5-3-2-4-6-19/h2-8,10-11,21,23H,9,12-17H2,1H3/t21-,23+/m0/s1. The minimum absolute atomic E-state index is 0.141. The van der Waals surface area contributed by atoms with Crippen LogP contribution in [0.2, 0.25) is 0 Å². The van der Waals surface area contributed by atoms with Crippen LogP contribution in [0.25, 0.3) is 0 Å². The molecule has 3 heterocycles. The summed E-state index contributed by atoms with van der Waals surface area (Å²) >= 11 is 0. The molecule has 3 heteroatoms. The molecule has 136 valence electrons. The van der Waals surface area contributed by atoms with E-state index in [1.54, 1.807) is 6.92 Å². The molecule has 3 saturated heterocycles. The largest absolute Gasteiger partial charge is 0.297 e. The second kappa shape index (κ2) is 7.73. The van der Waals surface area contributed by atoms with E-state index in [9.17, 15) is 4.79 Å². The first-order valence-corrected chi connectivity index (χ1v) is 9.77. The molecule has 0 aliphatic carbocycles. The number of hydrogen-bond acceptors (Lipinski definition) is 3. The van der Waals surface area contributed by atoms with Crippen molar-refractivity contribution in [3.8, 4) is 0 Å². The number of nitrogens with zero attached hydrogens (tertiary/aromatic N) is 2. The van der Waals surface area contributed by atoms with Crippen LogP contribution >= 0.6 is 0 Å². The summed E-state index contributed by atoms with van der Waals surface area (Å²) in [4.78, 5) is 16.8. The van der Waals surface area contributed by atoms with Crippen molar-refractivity contribution < 1.29 is 4.79 Å². The van der Waals surface area contributed by atoms with Crippen molar-refractivity contribution in [3.63, 3.8) is 0 Å². The molecule has 3 nitrogen and oxygen atoms in total. The summed E-state index contributed by atoms with van der Waals surface area (Å²) in [7, 11) is 0. The fourth-order valence-corrected chi connectivity index (χ4v) is 4.52. The number of carbonyl (C=O) groups excluding carboxylic acids is 1. The Hall–Kier alpha value is -1.97. The van der Waals surface area contributed by atoms with E-state index in [0.717, 1.165) is 31.1 Å². The van der Waals surface area contributed by atoms with Crippen LogP contribution in [0, 0.1) is 5.92 Å². The molecule has 0 amide bonds. The molecule has 3 aliphatic rings. The molecule has 0 N–H and O–H groups in total. The summed E-state index contributed by atoms with van der Waals surface area (Å²) in [6.07, 6.45) is 2.66. The Morgan fingerprint density at radius 2 is 1.62 bits per heavy atom. The van der Waals surface area contributed by atoms with Crippen molar-refractivity contribution in [2.24, 2.45) is 5.92 Å². The SMILES string of the molecule is CC(=O)c1ccc(CN2C[C@H]3CC[C@@H]2CN(Cc2ccccc2)C3)cc1. The zero-order chi connectivity index (χ0) is 17.9. The smallest absolute Gasteiger partial charge is 0.159 e. The molecule has 5 rings (SSSR count). The van der Waals surface area contributed by atoms with E-state index in [0.29, 0.717) is 6.04 Å². The van der Waals surface area contributed by atoms with Crippen LogP contribution in [0.4, 0.5) is 0 Å². The first-order valence-electron chi connectivity index (χ1n) is 9.77. The lowest BCUT2D eigenvalue weighted by molar-refractivity contribution is 0.101. The van der Waals surface area contributed by atoms with Gasteiger partial charge in [0.05, 0.1) is 0 Å². The molecule has 3 aliphatic heterocycles. The lowest BCUT2D eigenvalue weighted by Crippen LogP contribution is -2.43. The van der Waals surface area contributed by atoms with Crippen LogP contribution in [0.3, 0.4) is 0 Å². The zero-order valence-corrected chi connectivity index (χ0v) is 15.6. The highest BCUT2D eigenvalue weighted by Gasteiger charge is 2.34. The van der Waals surface area contributed by atoms with Crippen LogP contribution in [-0.2, 0) is 13.1 Å². The van der Waals surface area contributed by atoms with E-state index < -0.39 is 0 Å². The summed E-state index contributed by atoms with van der Waals surface area (Å²) in [6, 6.07) is 19.7. The second-order valence-electron chi connectivity index (χ2n) is 7.96. The van der Waals surface area contributed by atoms with Gasteiger partial charge in [0.15, 0.2) is 5.78 Å². The van der Waals surface area contributed by atoms with Gasteiger partial charge in [-0.2, -0.15) is 0 Å². The number of rotatable bonds is 5. The number of Topliss-reactive ketones (excluding diaryl/α,β-unsaturated/α-hetero) is 1. The molecule has 3 fully saturated rings. The van der Waals surface area contributed by atoms with Gasteiger partial charge in [-0.3, -0.25) is 14.6 Å². The Balaban J connectivity index is 1.42. The van der Waals surface area contributed by atoms with Gasteiger partial charge in [-0.05, 0) is 36.8 Å². The van der Waals surface area contributed by atoms with E-state index in [1.165, 1.54) is 37.1 Å². The van der Waals surface area contributed by atoms with Crippen molar-refractivity contribution in [1.29, 1.82) is 0 Å². The molecule has 0 spiro atoms. The minimum Gasteiger partial charge on any atom is -0.297 e. The predicted octanol–water partition coefficient (Wildman–Crippen LogP) is 3.99. The first-order chi connectivity index (χ1) is 12.7. The maximum atomic E-state index is 11.5. The van der Waals surface area contributed by atoms with Crippen molar-refractivity contribution >= 4 is 5.78 Å². The van der Waals surface area contributed by atoms with Crippen molar-refractivity contribution in [3.05, 3.63) is 71.3 Å². The summed E-state index contributed by atoms with van der Waals surface area (Å²) in [5.41, 5.74) is 3.54. The Morgan fingerprint density at radius 3 is 2.35 bits per heavy atom. The molecule has 2 aromatic rings. The average Bonchev–Trinajstić information content (AvgIpc) is 2.93. The molecular weight excluding hydrogens is 320 g/mol. The van der Waals surface area contributed by atoms with E-state index in [1.807, 2.05) is 12.1 Å². The summed E-state index contributed by atoms with van der Waals surface area (Å²) in [5.74, 6) is 0.913. The van der Waals surface area contributed by atoms with Crippen LogP contribution in [-0.4, -0.2) is 41.3 Å². The maximum Gasteiger partial charge on any atom is 0.159 e. The molecule has 26 heavy (non-hydrogen) atoms. The number of hydrogen-bond donors (Lipinski definition) is 0. The highest BCUT2D eigenvalue weighted by molar-refractivity contribution is 5.93. The lowest BCUT2D eigenvalue weighted by atomic mass is 9.94. The molecule has 0 saturated carbocycles. The van der Waals surface area contributed by atoms with Crippen LogP contribution in [0.15, 0.2) is 54.6 Å². The number of benzene rings is 2. The predicted molar refractivity (Wildman–Crippen MR) is 105 cm³/mol. The molecule has 0 unspecified atom stereocenters. The minimum atomic E-state index is 0.141. The molecule has 0 aromatic heterocycles. The van der Waals surface area contributed by atoms with E-state index in [2.05, 4.69) is 52.3 Å². The summed E-state index contributed by atoms with van der Waals surface area (Å²) in [5, 5.41) is 0. The maximum absolute atomic E-state index is 11.5. The number of ketones is 1. The van der Waals surface area contributed by atoms with Crippen molar-refractivity contribution in [2.45, 2.75) is 38.9 Å². The molecule has 2 atom stereocenters. The van der Waals surface area contributed by atoms with Crippen LogP contribution < -0.4 is 0 Å². The third-order valence-corrected chi connectivity index (χ3v) is 5.90. The molecule has 2 bridgehead atoms. The van der Waals surface area contributed by atoms with Crippen molar-refractivity contribution in [2.75, 3.05) is 19.6 Å². The normalized spacial score (nSPS) is 23.7. The Kier molecular flexibility index (Phi) is 5.18. The van der Waals surface area contributed by atoms with Crippen molar-refractivity contribution in [1.82, 2.24) is 9.80 Å². The van der Waals surface area contributed by atoms with E-state index >= 15 is 0 Å². The van der Waals surface area contributed by atoms with E-state index in [4.69, 9.17) is 0 Å². The monoisotopic (exact) mass is 348 g/mol. The average molecular weight is 348 g/mol. The molecule has 0 radical (unpaired) electrons. The zero-order valence-electron chi connectivity index (χ0n) is 15.6. The quantitative estimate of drug-likeness (QED) is 0.764. The Morgan fingerprint density at radius 1 is 0.885 bits per heavy atom. The fraction of sp³-hybridized carbons (Fsp3) is 0.435. The molecule has 2 aromatic carbocycles. The third-order valence-electron chi connectivity index (χ3n) is 5.90. The lowest BCUT2D eigenvalue weighted by Gasteiger charge is -2.36. The van der Waals surface area contributed by atoms with Gasteiger partial charge in [0.25, 0.3) is 0 Å². The van der Waals surface area contributed by atoms with Gasteiger partial charge >= 0.3 is 0 Å². The topological polar surface area (TPSA) is 23.6 Å². The summed E-state index contributed by atoms with van der Waals surface area (Å²) < 4.78 is 0. The number of piperidine rings is 1. The van der Waals surface area contributed by atoms with Gasteiger partial charge in [-0.1, -0.05) is 54.6 Å². The Bertz CT molecular complexity index is 741. The van der Waals surface area contributed by atoms with Crippen LogP contribution in [0.1, 0.15) is 41.3 Å². The first kappa shape index (κ1) is 17.4. The number of fused-ring (bicyclic) bond motifs is 4. The summed E-state index contributed by atoms with van der Waals surface area (Å²) in [6.45, 7) is 7.27. The van der Waals surface area contributed by atoms with Gasteiger partial charge in [0.1, 0.15) is 0 Å². The highest BCUT2D eigenvalue weighted by atomic mass is 16.1. The highest BCUT2D eigenvalue weighted by Crippen LogP contribution is 2.30. The fourth-order valence-electron chi connectivity index (χ4n) is 4.52. The Labute approximate surface area is 156 Å². The molecular formula is C23H28N2O. The van der Waals surface area contributed by atoms with E-state index in [-0.39, 0.29) is 5.78 Å². The van der Waals surface area contributed by atoms with Crippen LogP contribution in [0.5, 0.6) is 0 Å². The van der Waals surface area contributed by atoms with Gasteiger partial charge in [0.2, 0.25) is 0 Å².